The van der Waals surface area contributed by atoms with Gasteiger partial charge >= 0.3 is 0 Å². The van der Waals surface area contributed by atoms with Gasteiger partial charge in [0.05, 0.1) is 25.7 Å². The Kier molecular flexibility index (Phi) is 6.60. The van der Waals surface area contributed by atoms with Gasteiger partial charge in [0.1, 0.15) is 17.8 Å². The second-order valence-corrected chi connectivity index (χ2v) is 8.53. The molecule has 0 radical (unpaired) electrons. The van der Waals surface area contributed by atoms with Gasteiger partial charge in [-0.3, -0.25) is 14.2 Å². The maximum atomic E-state index is 13.4. The lowest BCUT2D eigenvalue weighted by molar-refractivity contribution is -0.135. The molecule has 2 aromatic heterocycles. The molecule has 0 aliphatic carbocycles. The van der Waals surface area contributed by atoms with Gasteiger partial charge in [-0.25, -0.2) is 4.98 Å². The maximum absolute atomic E-state index is 13.4. The van der Waals surface area contributed by atoms with Crippen molar-refractivity contribution in [2.45, 2.75) is 13.0 Å². The van der Waals surface area contributed by atoms with E-state index in [9.17, 15) is 9.59 Å². The van der Waals surface area contributed by atoms with Crippen LogP contribution in [0.4, 0.5) is 11.6 Å². The van der Waals surface area contributed by atoms with Gasteiger partial charge in [0.25, 0.3) is 11.4 Å². The average molecular weight is 493 g/mol. The number of nitrogens with one attached hydrogen (secondary N) is 1. The van der Waals surface area contributed by atoms with E-state index in [1.54, 1.807) is 42.5 Å². The molecular weight excluding hydrogens is 472 g/mol. The highest BCUT2D eigenvalue weighted by Crippen LogP contribution is 2.23. The Bertz CT molecular complexity index is 1360. The zero-order valence-electron chi connectivity index (χ0n) is 18.5. The third kappa shape index (κ3) is 5.42. The van der Waals surface area contributed by atoms with Crippen LogP contribution in [0.25, 0.3) is 0 Å². The van der Waals surface area contributed by atoms with Gasteiger partial charge in [-0.05, 0) is 47.1 Å². The number of hydrogen-bond acceptors (Lipinski definition) is 8. The van der Waals surface area contributed by atoms with Crippen LogP contribution in [0.1, 0.15) is 11.1 Å². The number of Topliss-reactive ketones (excluding diaryl/α,β-unsaturated/α-hetero) is 1. The van der Waals surface area contributed by atoms with E-state index >= 15 is 0 Å². The lowest BCUT2D eigenvalue weighted by Gasteiger charge is -2.24. The molecule has 1 N–H and O–H groups in total. The minimum absolute atomic E-state index is 0.0170. The Morgan fingerprint density at radius 1 is 1.11 bits per heavy atom. The normalized spacial score (nSPS) is 13.3. The predicted molar refractivity (Wildman–Crippen MR) is 128 cm³/mol. The average Bonchev–Trinajstić information content (AvgIpc) is 3.32. The first kappa shape index (κ1) is 22.8. The summed E-state index contributed by atoms with van der Waals surface area (Å²) in [4.78, 5) is 30.3. The summed E-state index contributed by atoms with van der Waals surface area (Å²) in [6.45, 7) is 1.07. The van der Waals surface area contributed by atoms with E-state index < -0.39 is 0 Å². The van der Waals surface area contributed by atoms with Gasteiger partial charge < -0.3 is 19.3 Å². The summed E-state index contributed by atoms with van der Waals surface area (Å²) in [5, 5.41) is 7.51. The number of hydrogen-bond donors (Lipinski definition) is 1. The van der Waals surface area contributed by atoms with Crippen LogP contribution >= 0.6 is 11.6 Å². The van der Waals surface area contributed by atoms with E-state index in [1.165, 1.54) is 17.0 Å². The predicted octanol–water partition coefficient (Wildman–Crippen LogP) is 4.23. The summed E-state index contributed by atoms with van der Waals surface area (Å²) in [7, 11) is 0. The number of carbonyl (C=O) groups excluding carboxylic acids is 1. The highest BCUT2D eigenvalue weighted by atomic mass is 35.5. The number of aromatic nitrogens is 3. The molecule has 1 aliphatic heterocycles. The largest absolute Gasteiger partial charge is 0.436 e. The fraction of sp³-hybridized carbons (Fsp3) is 0.200. The monoisotopic (exact) mass is 492 g/mol. The Balaban J connectivity index is 1.41. The highest BCUT2D eigenvalue weighted by Gasteiger charge is 2.27. The zero-order chi connectivity index (χ0) is 24.2. The number of ether oxygens (including phenoxy) is 2. The van der Waals surface area contributed by atoms with Crippen molar-refractivity contribution in [1.82, 2.24) is 14.7 Å². The van der Waals surface area contributed by atoms with Gasteiger partial charge in [-0.2, -0.15) is 0 Å². The Morgan fingerprint density at radius 2 is 1.89 bits per heavy atom. The number of anilines is 2. The highest BCUT2D eigenvalue weighted by molar-refractivity contribution is 6.30. The van der Waals surface area contributed by atoms with Crippen LogP contribution in [0.15, 0.2) is 76.4 Å². The lowest BCUT2D eigenvalue weighted by Crippen LogP contribution is -2.37. The number of rotatable bonds is 9. The number of halogens is 1. The van der Waals surface area contributed by atoms with E-state index in [2.05, 4.69) is 15.5 Å². The minimum atomic E-state index is -0.281. The van der Waals surface area contributed by atoms with Gasteiger partial charge in [0.2, 0.25) is 5.95 Å². The Labute approximate surface area is 205 Å². The fourth-order valence-electron chi connectivity index (χ4n) is 3.54. The van der Waals surface area contributed by atoms with Crippen LogP contribution in [-0.2, 0) is 22.5 Å². The summed E-state index contributed by atoms with van der Waals surface area (Å²) in [6.07, 6.45) is 2.91. The molecular formula is C25H21ClN4O5. The number of benzene rings is 2. The van der Waals surface area contributed by atoms with Crippen molar-refractivity contribution >= 4 is 29.0 Å². The molecule has 1 fully saturated rings. The SMILES string of the molecule is O=C(Cc1cnc(Nc2ccc(Oc3ccon3)cc2)n(Cc2ccc(Cl)cc2)c1=O)C1COC1. The van der Waals surface area contributed by atoms with Gasteiger partial charge in [0.15, 0.2) is 0 Å². The molecule has 1 aliphatic rings. The van der Waals surface area contributed by atoms with Crippen molar-refractivity contribution in [3.63, 3.8) is 0 Å². The molecule has 35 heavy (non-hydrogen) atoms. The molecule has 3 heterocycles. The van der Waals surface area contributed by atoms with Crippen molar-refractivity contribution in [3.8, 4) is 11.6 Å². The van der Waals surface area contributed by atoms with E-state index in [-0.39, 0.29) is 30.2 Å². The van der Waals surface area contributed by atoms with E-state index in [0.29, 0.717) is 47.1 Å². The summed E-state index contributed by atoms with van der Waals surface area (Å²) >= 11 is 6.01. The van der Waals surface area contributed by atoms with Crippen LogP contribution < -0.4 is 15.6 Å². The molecule has 10 heteroatoms. The number of carbonyl (C=O) groups is 1. The first-order valence-corrected chi connectivity index (χ1v) is 11.3. The van der Waals surface area contributed by atoms with E-state index in [0.717, 1.165) is 5.56 Å². The van der Waals surface area contributed by atoms with E-state index in [4.69, 9.17) is 25.6 Å². The van der Waals surface area contributed by atoms with Crippen molar-refractivity contribution in [3.05, 3.63) is 93.6 Å². The first-order valence-electron chi connectivity index (χ1n) is 10.9. The minimum Gasteiger partial charge on any atom is -0.436 e. The van der Waals surface area contributed by atoms with Crippen LogP contribution in [0, 0.1) is 5.92 Å². The van der Waals surface area contributed by atoms with Crippen molar-refractivity contribution in [2.75, 3.05) is 18.5 Å². The molecule has 0 unspecified atom stereocenters. The molecule has 0 saturated carbocycles. The third-order valence-corrected chi connectivity index (χ3v) is 5.83. The van der Waals surface area contributed by atoms with Crippen molar-refractivity contribution in [2.24, 2.45) is 5.92 Å². The molecule has 2 aromatic carbocycles. The van der Waals surface area contributed by atoms with E-state index in [1.807, 2.05) is 12.1 Å². The Morgan fingerprint density at radius 3 is 2.54 bits per heavy atom. The quantitative estimate of drug-likeness (QED) is 0.370. The van der Waals surface area contributed by atoms with Gasteiger partial charge in [-0.1, -0.05) is 23.7 Å². The lowest BCUT2D eigenvalue weighted by atomic mass is 9.97. The molecule has 5 rings (SSSR count). The van der Waals surface area contributed by atoms with Crippen LogP contribution in [0.5, 0.6) is 11.6 Å². The topological polar surface area (TPSA) is 108 Å². The molecule has 1 saturated heterocycles. The summed E-state index contributed by atoms with van der Waals surface area (Å²) in [5.41, 5.74) is 1.63. The fourth-order valence-corrected chi connectivity index (χ4v) is 3.66. The molecule has 0 bridgehead atoms. The van der Waals surface area contributed by atoms with Crippen LogP contribution in [0.3, 0.4) is 0 Å². The van der Waals surface area contributed by atoms with Gasteiger partial charge in [0, 0.05) is 35.0 Å². The standard InChI is InChI=1S/C25H21ClN4O5/c26-19-3-1-16(2-4-19)13-30-24(32)17(11-22(31)18-14-33-15-18)12-27-25(30)28-20-5-7-21(8-6-20)35-23-9-10-34-29-23/h1-10,12,18H,11,13-15H2,(H,27,28). The van der Waals surface area contributed by atoms with Gasteiger partial charge in [-0.15, -0.1) is 0 Å². The molecule has 0 atom stereocenters. The number of ketones is 1. The molecule has 9 nitrogen and oxygen atoms in total. The smallest absolute Gasteiger partial charge is 0.259 e. The molecule has 0 amide bonds. The summed E-state index contributed by atoms with van der Waals surface area (Å²) < 4.78 is 17.0. The van der Waals surface area contributed by atoms with Crippen molar-refractivity contribution in [1.29, 1.82) is 0 Å². The molecule has 0 spiro atoms. The van der Waals surface area contributed by atoms with Crippen LogP contribution in [-0.4, -0.2) is 33.7 Å². The molecule has 178 valence electrons. The molecule has 4 aromatic rings. The summed E-state index contributed by atoms with van der Waals surface area (Å²) in [6, 6.07) is 15.9. The maximum Gasteiger partial charge on any atom is 0.259 e. The zero-order valence-corrected chi connectivity index (χ0v) is 19.3. The summed E-state index contributed by atoms with van der Waals surface area (Å²) in [5.74, 6) is 1.09. The second kappa shape index (κ2) is 10.1. The Hall–Kier alpha value is -3.95. The number of nitrogens with zero attached hydrogens (tertiary/aromatic N) is 3. The first-order chi connectivity index (χ1) is 17.0. The van der Waals surface area contributed by atoms with Crippen LogP contribution in [0.2, 0.25) is 5.02 Å². The second-order valence-electron chi connectivity index (χ2n) is 8.09. The third-order valence-electron chi connectivity index (χ3n) is 5.58. The van der Waals surface area contributed by atoms with Crippen molar-refractivity contribution < 1.29 is 18.8 Å².